The molecule has 0 saturated heterocycles. The minimum atomic E-state index is -0.279. The monoisotopic (exact) mass is 323 g/mol. The molecule has 0 aliphatic heterocycles. The largest absolute Gasteiger partial charge is 0.370 e. The molecule has 0 aliphatic rings. The molecule has 2 rings (SSSR count). The quantitative estimate of drug-likeness (QED) is 0.922. The number of nitrogens with one attached hydrogen (secondary N) is 1. The van der Waals surface area contributed by atoms with Crippen LogP contribution in [0.1, 0.15) is 19.4 Å². The summed E-state index contributed by atoms with van der Waals surface area (Å²) in [6.45, 7) is 4.78. The summed E-state index contributed by atoms with van der Waals surface area (Å²) in [4.78, 5) is 8.47. The summed E-state index contributed by atoms with van der Waals surface area (Å²) >= 11 is 3.36. The van der Waals surface area contributed by atoms with Crippen molar-refractivity contribution in [2.45, 2.75) is 20.3 Å². The third-order valence-electron chi connectivity index (χ3n) is 2.83. The van der Waals surface area contributed by atoms with Gasteiger partial charge in [0.25, 0.3) is 0 Å². The van der Waals surface area contributed by atoms with Gasteiger partial charge in [-0.05, 0) is 31.5 Å². The van der Waals surface area contributed by atoms with Crippen LogP contribution in [-0.4, -0.2) is 16.5 Å². The van der Waals surface area contributed by atoms with E-state index >= 15 is 0 Å². The maximum absolute atomic E-state index is 14.0. The Kier molecular flexibility index (Phi) is 4.47. The number of hydrogen-bond acceptors (Lipinski definition) is 3. The second-order valence-electron chi connectivity index (χ2n) is 4.06. The molecule has 0 fully saturated rings. The van der Waals surface area contributed by atoms with Crippen molar-refractivity contribution in [2.24, 2.45) is 0 Å². The Morgan fingerprint density at radius 2 is 2.05 bits per heavy atom. The van der Waals surface area contributed by atoms with E-state index in [0.717, 1.165) is 28.8 Å². The van der Waals surface area contributed by atoms with Crippen LogP contribution in [0, 0.1) is 5.82 Å². The molecular weight excluding hydrogens is 309 g/mol. The molecule has 0 unspecified atom stereocenters. The van der Waals surface area contributed by atoms with Crippen LogP contribution in [0.2, 0.25) is 0 Å². The fourth-order valence-electron chi connectivity index (χ4n) is 1.98. The summed E-state index contributed by atoms with van der Waals surface area (Å²) in [6.07, 6.45) is 2.21. The van der Waals surface area contributed by atoms with Crippen LogP contribution in [-0.2, 0) is 6.42 Å². The summed E-state index contributed by atoms with van der Waals surface area (Å²) in [5.74, 6) is 0.494. The Labute approximate surface area is 120 Å². The normalized spacial score (nSPS) is 10.5. The van der Waals surface area contributed by atoms with Crippen LogP contribution < -0.4 is 5.32 Å². The van der Waals surface area contributed by atoms with Gasteiger partial charge in [0.15, 0.2) is 0 Å². The molecule has 19 heavy (non-hydrogen) atoms. The molecule has 0 amide bonds. The van der Waals surface area contributed by atoms with Crippen LogP contribution in [0.5, 0.6) is 0 Å². The van der Waals surface area contributed by atoms with Crippen molar-refractivity contribution in [1.29, 1.82) is 0 Å². The smallest absolute Gasteiger partial charge is 0.133 e. The van der Waals surface area contributed by atoms with Gasteiger partial charge in [-0.2, -0.15) is 0 Å². The van der Waals surface area contributed by atoms with Crippen molar-refractivity contribution in [2.75, 3.05) is 11.9 Å². The second kappa shape index (κ2) is 6.10. The van der Waals surface area contributed by atoms with Crippen molar-refractivity contribution >= 4 is 21.7 Å². The Morgan fingerprint density at radius 1 is 1.26 bits per heavy atom. The van der Waals surface area contributed by atoms with Crippen molar-refractivity contribution in [3.05, 3.63) is 40.4 Å². The lowest BCUT2D eigenvalue weighted by Crippen LogP contribution is -2.06. The van der Waals surface area contributed by atoms with E-state index < -0.39 is 0 Å². The first-order valence-corrected chi connectivity index (χ1v) is 6.99. The third-order valence-corrected chi connectivity index (χ3v) is 3.32. The van der Waals surface area contributed by atoms with E-state index in [0.29, 0.717) is 11.3 Å². The standard InChI is InChI=1S/C14H15BrFN3/c1-3-10-13(18-8-19-14(10)17-4-2)11-7-9(15)5-6-12(11)16/h5-8H,3-4H2,1-2H3,(H,17,18,19). The summed E-state index contributed by atoms with van der Waals surface area (Å²) in [5, 5.41) is 3.19. The molecule has 1 aromatic carbocycles. The predicted molar refractivity (Wildman–Crippen MR) is 78.7 cm³/mol. The lowest BCUT2D eigenvalue weighted by Gasteiger charge is -2.13. The van der Waals surface area contributed by atoms with Crippen LogP contribution in [0.4, 0.5) is 10.2 Å². The number of nitrogens with zero attached hydrogens (tertiary/aromatic N) is 2. The topological polar surface area (TPSA) is 37.8 Å². The van der Waals surface area contributed by atoms with Gasteiger partial charge in [0, 0.05) is 22.1 Å². The molecule has 0 aliphatic carbocycles. The van der Waals surface area contributed by atoms with E-state index in [1.165, 1.54) is 12.4 Å². The summed E-state index contributed by atoms with van der Waals surface area (Å²) in [5.41, 5.74) is 2.07. The molecule has 0 atom stereocenters. The van der Waals surface area contributed by atoms with Gasteiger partial charge < -0.3 is 5.32 Å². The highest BCUT2D eigenvalue weighted by Gasteiger charge is 2.14. The van der Waals surface area contributed by atoms with Gasteiger partial charge in [-0.25, -0.2) is 14.4 Å². The first kappa shape index (κ1) is 13.9. The summed E-state index contributed by atoms with van der Waals surface area (Å²) < 4.78 is 14.8. The van der Waals surface area contributed by atoms with Crippen LogP contribution in [0.15, 0.2) is 29.0 Å². The van der Waals surface area contributed by atoms with Crippen molar-refractivity contribution < 1.29 is 4.39 Å². The van der Waals surface area contributed by atoms with Gasteiger partial charge in [-0.15, -0.1) is 0 Å². The van der Waals surface area contributed by atoms with E-state index in [4.69, 9.17) is 0 Å². The molecular formula is C14H15BrFN3. The van der Waals surface area contributed by atoms with E-state index in [2.05, 4.69) is 31.2 Å². The first-order valence-electron chi connectivity index (χ1n) is 6.20. The fourth-order valence-corrected chi connectivity index (χ4v) is 2.34. The molecule has 2 aromatic rings. The highest BCUT2D eigenvalue weighted by atomic mass is 79.9. The van der Waals surface area contributed by atoms with Gasteiger partial charge in [-0.1, -0.05) is 22.9 Å². The first-order chi connectivity index (χ1) is 9.17. The summed E-state index contributed by atoms with van der Waals surface area (Å²) in [6, 6.07) is 4.86. The molecule has 100 valence electrons. The van der Waals surface area contributed by atoms with Crippen molar-refractivity contribution in [3.8, 4) is 11.3 Å². The van der Waals surface area contributed by atoms with Crippen LogP contribution in [0.3, 0.4) is 0 Å². The zero-order valence-corrected chi connectivity index (χ0v) is 12.5. The van der Waals surface area contributed by atoms with Crippen molar-refractivity contribution in [3.63, 3.8) is 0 Å². The SMILES string of the molecule is CCNc1ncnc(-c2cc(Br)ccc2F)c1CC. The zero-order valence-electron chi connectivity index (χ0n) is 10.9. The Morgan fingerprint density at radius 3 is 2.74 bits per heavy atom. The zero-order chi connectivity index (χ0) is 13.8. The maximum atomic E-state index is 14.0. The number of benzene rings is 1. The predicted octanol–water partition coefficient (Wildman–Crippen LogP) is 4.04. The summed E-state index contributed by atoms with van der Waals surface area (Å²) in [7, 11) is 0. The Hall–Kier alpha value is -1.49. The maximum Gasteiger partial charge on any atom is 0.133 e. The van der Waals surface area contributed by atoms with Gasteiger partial charge in [0.1, 0.15) is 18.0 Å². The van der Waals surface area contributed by atoms with Crippen LogP contribution in [0.25, 0.3) is 11.3 Å². The van der Waals surface area contributed by atoms with E-state index in [1.54, 1.807) is 12.1 Å². The minimum absolute atomic E-state index is 0.279. The fraction of sp³-hybridized carbons (Fsp3) is 0.286. The number of rotatable bonds is 4. The van der Waals surface area contributed by atoms with E-state index in [-0.39, 0.29) is 5.82 Å². The average Bonchev–Trinajstić information content (AvgIpc) is 2.41. The van der Waals surface area contributed by atoms with Crippen molar-refractivity contribution in [1.82, 2.24) is 9.97 Å². The average molecular weight is 324 g/mol. The molecule has 1 N–H and O–H groups in total. The molecule has 0 bridgehead atoms. The van der Waals surface area contributed by atoms with Gasteiger partial charge in [0.05, 0.1) is 5.69 Å². The molecule has 5 heteroatoms. The molecule has 3 nitrogen and oxygen atoms in total. The van der Waals surface area contributed by atoms with Crippen LogP contribution >= 0.6 is 15.9 Å². The van der Waals surface area contributed by atoms with Gasteiger partial charge in [0.2, 0.25) is 0 Å². The number of aromatic nitrogens is 2. The number of halogens is 2. The second-order valence-corrected chi connectivity index (χ2v) is 4.97. The van der Waals surface area contributed by atoms with E-state index in [1.807, 2.05) is 13.8 Å². The highest BCUT2D eigenvalue weighted by Crippen LogP contribution is 2.30. The third kappa shape index (κ3) is 2.92. The highest BCUT2D eigenvalue weighted by molar-refractivity contribution is 9.10. The molecule has 0 radical (unpaired) electrons. The van der Waals surface area contributed by atoms with E-state index in [9.17, 15) is 4.39 Å². The molecule has 1 heterocycles. The minimum Gasteiger partial charge on any atom is -0.370 e. The lowest BCUT2D eigenvalue weighted by molar-refractivity contribution is 0.630. The molecule has 1 aromatic heterocycles. The number of hydrogen-bond donors (Lipinski definition) is 1. The molecule has 0 saturated carbocycles. The Bertz CT molecular complexity index is 587. The van der Waals surface area contributed by atoms with Gasteiger partial charge in [-0.3, -0.25) is 0 Å². The number of anilines is 1. The molecule has 0 spiro atoms. The lowest BCUT2D eigenvalue weighted by atomic mass is 10.0. The Balaban J connectivity index is 2.61. The van der Waals surface area contributed by atoms with Gasteiger partial charge >= 0.3 is 0 Å².